The van der Waals surface area contributed by atoms with Crippen molar-refractivity contribution in [2.45, 2.75) is 4.21 Å². The van der Waals surface area contributed by atoms with Crippen LogP contribution in [0.1, 0.15) is 0 Å². The van der Waals surface area contributed by atoms with Crippen LogP contribution in [0.5, 0.6) is 0 Å². The van der Waals surface area contributed by atoms with Crippen molar-refractivity contribution in [2.75, 3.05) is 0 Å². The smallest absolute Gasteiger partial charge is 0.206 e. The summed E-state index contributed by atoms with van der Waals surface area (Å²) in [6.07, 6.45) is 0. The molecular weight excluding hydrogens is 260 g/mol. The summed E-state index contributed by atoms with van der Waals surface area (Å²) in [5.74, 6) is 0. The van der Waals surface area contributed by atoms with Gasteiger partial charge in [-0.15, -0.1) is 22.7 Å². The summed E-state index contributed by atoms with van der Waals surface area (Å²) in [7, 11) is 1.64. The summed E-state index contributed by atoms with van der Waals surface area (Å²) in [4.78, 5) is 1.99. The van der Waals surface area contributed by atoms with Crippen LogP contribution in [0.2, 0.25) is 0 Å². The molecule has 0 fully saturated rings. The third-order valence-corrected chi connectivity index (χ3v) is 5.83. The van der Waals surface area contributed by atoms with Crippen LogP contribution in [0, 0.1) is 0 Å². The van der Waals surface area contributed by atoms with Crippen LogP contribution in [-0.4, -0.2) is 8.42 Å². The van der Waals surface area contributed by atoms with Crippen LogP contribution >= 0.6 is 33.4 Å². The molecule has 0 saturated heterocycles. The summed E-state index contributed by atoms with van der Waals surface area (Å²) >= 11 is 2.76. The van der Waals surface area contributed by atoms with Crippen LogP contribution in [0.15, 0.2) is 33.9 Å². The van der Waals surface area contributed by atoms with E-state index in [1.54, 1.807) is 17.4 Å². The average molecular weight is 265 g/mol. The van der Waals surface area contributed by atoms with Crippen molar-refractivity contribution in [1.82, 2.24) is 0 Å². The minimum absolute atomic E-state index is 0.197. The van der Waals surface area contributed by atoms with Gasteiger partial charge < -0.3 is 0 Å². The van der Waals surface area contributed by atoms with E-state index in [4.69, 9.17) is 10.7 Å². The third-order valence-electron chi connectivity index (χ3n) is 1.59. The first-order valence-electron chi connectivity index (χ1n) is 3.66. The molecule has 0 spiro atoms. The van der Waals surface area contributed by atoms with E-state index in [0.717, 1.165) is 9.75 Å². The second kappa shape index (κ2) is 3.66. The highest BCUT2D eigenvalue weighted by Crippen LogP contribution is 2.34. The van der Waals surface area contributed by atoms with Gasteiger partial charge in [0.1, 0.15) is 4.21 Å². The minimum Gasteiger partial charge on any atom is -0.206 e. The van der Waals surface area contributed by atoms with Gasteiger partial charge in [0.2, 0.25) is 0 Å². The molecule has 14 heavy (non-hydrogen) atoms. The van der Waals surface area contributed by atoms with Crippen molar-refractivity contribution in [3.8, 4) is 9.75 Å². The largest absolute Gasteiger partial charge is 0.270 e. The topological polar surface area (TPSA) is 34.1 Å². The van der Waals surface area contributed by atoms with Crippen molar-refractivity contribution in [3.05, 3.63) is 29.6 Å². The van der Waals surface area contributed by atoms with Crippen LogP contribution in [-0.2, 0) is 9.05 Å². The lowest BCUT2D eigenvalue weighted by molar-refractivity contribution is 0.611. The molecule has 74 valence electrons. The number of hydrogen-bond acceptors (Lipinski definition) is 4. The molecule has 2 aromatic rings. The molecule has 0 aliphatic heterocycles. The lowest BCUT2D eigenvalue weighted by Crippen LogP contribution is -1.82. The van der Waals surface area contributed by atoms with E-state index >= 15 is 0 Å². The molecule has 0 aliphatic carbocycles. The highest BCUT2D eigenvalue weighted by Gasteiger charge is 2.13. The van der Waals surface area contributed by atoms with E-state index < -0.39 is 9.05 Å². The monoisotopic (exact) mass is 264 g/mol. The Kier molecular flexibility index (Phi) is 2.66. The van der Waals surface area contributed by atoms with Gasteiger partial charge in [-0.1, -0.05) is 6.07 Å². The molecular formula is C8H5ClO2S3. The Labute approximate surface area is 94.2 Å². The lowest BCUT2D eigenvalue weighted by Gasteiger charge is -1.88. The Morgan fingerprint density at radius 2 is 1.93 bits per heavy atom. The third kappa shape index (κ3) is 2.00. The van der Waals surface area contributed by atoms with E-state index in [1.807, 2.05) is 17.5 Å². The van der Waals surface area contributed by atoms with Gasteiger partial charge in [-0.25, -0.2) is 8.42 Å². The predicted octanol–water partition coefficient (Wildman–Crippen LogP) is 3.40. The first-order valence-corrected chi connectivity index (χ1v) is 7.66. The molecule has 2 aromatic heterocycles. The summed E-state index contributed by atoms with van der Waals surface area (Å²) in [5, 5.41) is 1.95. The Hall–Kier alpha value is -0.360. The molecule has 0 radical (unpaired) electrons. The molecule has 0 bridgehead atoms. The highest BCUT2D eigenvalue weighted by atomic mass is 35.7. The summed E-state index contributed by atoms with van der Waals surface area (Å²) in [5.41, 5.74) is 0. The van der Waals surface area contributed by atoms with Crippen LogP contribution < -0.4 is 0 Å². The molecule has 2 nitrogen and oxygen atoms in total. The first-order chi connectivity index (χ1) is 6.57. The van der Waals surface area contributed by atoms with Crippen molar-refractivity contribution in [3.63, 3.8) is 0 Å². The maximum atomic E-state index is 11.0. The van der Waals surface area contributed by atoms with Gasteiger partial charge in [-0.05, 0) is 23.6 Å². The Bertz CT molecular complexity index is 525. The fourth-order valence-corrected chi connectivity index (χ4v) is 3.91. The molecule has 6 heteroatoms. The van der Waals surface area contributed by atoms with Gasteiger partial charge in [0, 0.05) is 20.4 Å². The second-order valence-electron chi connectivity index (χ2n) is 2.53. The average Bonchev–Trinajstić information content (AvgIpc) is 2.73. The highest BCUT2D eigenvalue weighted by molar-refractivity contribution is 8.15. The molecule has 0 saturated carbocycles. The molecule has 0 unspecified atom stereocenters. The molecule has 0 atom stereocenters. The summed E-state index contributed by atoms with van der Waals surface area (Å²) < 4.78 is 22.2. The van der Waals surface area contributed by atoms with Gasteiger partial charge in [0.25, 0.3) is 9.05 Å². The molecule has 0 N–H and O–H groups in total. The maximum Gasteiger partial charge on any atom is 0.270 e. The fraction of sp³-hybridized carbons (Fsp3) is 0. The molecule has 0 aromatic carbocycles. The molecule has 0 aliphatic rings. The van der Waals surface area contributed by atoms with Crippen molar-refractivity contribution < 1.29 is 8.42 Å². The second-order valence-corrected chi connectivity index (χ2v) is 7.36. The minimum atomic E-state index is -3.58. The molecule has 0 amide bonds. The normalized spacial score (nSPS) is 11.8. The number of thiophene rings is 2. The Balaban J connectivity index is 2.46. The zero-order chi connectivity index (χ0) is 10.2. The molecule has 2 heterocycles. The van der Waals surface area contributed by atoms with Crippen LogP contribution in [0.25, 0.3) is 9.75 Å². The van der Waals surface area contributed by atoms with E-state index in [2.05, 4.69) is 0 Å². The SMILES string of the molecule is O=S(=O)(Cl)c1ccc(-c2cccs2)s1. The zero-order valence-corrected chi connectivity index (χ0v) is 10.0. The van der Waals surface area contributed by atoms with E-state index in [0.29, 0.717) is 0 Å². The van der Waals surface area contributed by atoms with E-state index in [-0.39, 0.29) is 4.21 Å². The lowest BCUT2D eigenvalue weighted by atomic mass is 10.4. The standard InChI is InChI=1S/C8H5ClO2S3/c9-14(10,11)8-4-3-7(13-8)6-2-1-5-12-6/h1-5H. The number of rotatable bonds is 2. The van der Waals surface area contributed by atoms with Gasteiger partial charge in [-0.3, -0.25) is 0 Å². The van der Waals surface area contributed by atoms with Crippen LogP contribution in [0.3, 0.4) is 0 Å². The van der Waals surface area contributed by atoms with Crippen LogP contribution in [0.4, 0.5) is 0 Å². The fourth-order valence-electron chi connectivity index (χ4n) is 1.00. The zero-order valence-electron chi connectivity index (χ0n) is 6.81. The Morgan fingerprint density at radius 3 is 2.43 bits per heavy atom. The first kappa shape index (κ1) is 10.2. The van der Waals surface area contributed by atoms with E-state index in [9.17, 15) is 8.42 Å². The van der Waals surface area contributed by atoms with Crippen molar-refractivity contribution in [1.29, 1.82) is 0 Å². The quantitative estimate of drug-likeness (QED) is 0.779. The summed E-state index contributed by atoms with van der Waals surface area (Å²) in [6, 6.07) is 7.17. The number of hydrogen-bond donors (Lipinski definition) is 0. The van der Waals surface area contributed by atoms with Crippen molar-refractivity contribution >= 4 is 42.4 Å². The molecule has 2 rings (SSSR count). The van der Waals surface area contributed by atoms with Gasteiger partial charge in [-0.2, -0.15) is 0 Å². The van der Waals surface area contributed by atoms with Gasteiger partial charge >= 0.3 is 0 Å². The van der Waals surface area contributed by atoms with Gasteiger partial charge in [0.15, 0.2) is 0 Å². The van der Waals surface area contributed by atoms with E-state index in [1.165, 1.54) is 17.4 Å². The Morgan fingerprint density at radius 1 is 1.14 bits per heavy atom. The van der Waals surface area contributed by atoms with Gasteiger partial charge in [0.05, 0.1) is 0 Å². The maximum absolute atomic E-state index is 11.0. The summed E-state index contributed by atoms with van der Waals surface area (Å²) in [6.45, 7) is 0. The predicted molar refractivity (Wildman–Crippen MR) is 60.7 cm³/mol. The van der Waals surface area contributed by atoms with Crippen molar-refractivity contribution in [2.24, 2.45) is 0 Å². The number of halogens is 1.